The summed E-state index contributed by atoms with van der Waals surface area (Å²) < 4.78 is 0. The van der Waals surface area contributed by atoms with Crippen LogP contribution in [0.25, 0.3) is 0 Å². The molecule has 6 amide bonds. The van der Waals surface area contributed by atoms with Crippen molar-refractivity contribution in [3.63, 3.8) is 0 Å². The first kappa shape index (κ1) is 35.1. The number of urea groups is 3. The summed E-state index contributed by atoms with van der Waals surface area (Å²) in [6.07, 6.45) is 6.03. The molecule has 0 aliphatic rings. The molecule has 0 bridgehead atoms. The Morgan fingerprint density at radius 2 is 1.36 bits per heavy atom. The van der Waals surface area contributed by atoms with Gasteiger partial charge in [-0.25, -0.2) is 14.4 Å². The average Bonchev–Trinajstić information content (AvgIpc) is 2.82. The second-order valence-corrected chi connectivity index (χ2v) is 8.05. The van der Waals surface area contributed by atoms with Gasteiger partial charge in [0.1, 0.15) is 0 Å². The molecule has 2 atom stereocenters. The van der Waals surface area contributed by atoms with Crippen molar-refractivity contribution in [3.05, 3.63) is 0 Å². The van der Waals surface area contributed by atoms with E-state index in [4.69, 9.17) is 34.4 Å². The van der Waals surface area contributed by atoms with E-state index in [1.165, 1.54) is 12.8 Å². The maximum absolute atomic E-state index is 11.9. The molecule has 0 aromatic heterocycles. The molecule has 0 heterocycles. The van der Waals surface area contributed by atoms with Crippen molar-refractivity contribution in [1.82, 2.24) is 26.6 Å². The fourth-order valence-corrected chi connectivity index (χ4v) is 2.83. The van der Waals surface area contributed by atoms with Crippen LogP contribution in [0.4, 0.5) is 14.4 Å². The quantitative estimate of drug-likeness (QED) is 0.0540. The molecule has 212 valence electrons. The lowest BCUT2D eigenvalue weighted by Gasteiger charge is -2.18. The molecule has 2 unspecified atom stereocenters. The molecule has 15 nitrogen and oxygen atoms in total. The second kappa shape index (κ2) is 25.1. The molecule has 0 aliphatic heterocycles. The minimum atomic E-state index is -0.692. The van der Waals surface area contributed by atoms with E-state index in [0.29, 0.717) is 32.5 Å². The van der Waals surface area contributed by atoms with Gasteiger partial charge in [0.25, 0.3) is 0 Å². The van der Waals surface area contributed by atoms with E-state index >= 15 is 0 Å². The zero-order chi connectivity index (χ0) is 27.6. The van der Waals surface area contributed by atoms with Crippen molar-refractivity contribution in [2.24, 2.45) is 39.4 Å². The molecule has 0 spiro atoms. The summed E-state index contributed by atoms with van der Waals surface area (Å²) in [6.45, 7) is 4.95. The summed E-state index contributed by atoms with van der Waals surface area (Å²) in [5, 5.41) is 13.2. The molecule has 0 radical (unpaired) electrons. The van der Waals surface area contributed by atoms with Crippen molar-refractivity contribution >= 4 is 24.1 Å². The number of unbranched alkanes of at least 4 members (excludes halogenated alkanes) is 2. The molecule has 0 aromatic carbocycles. The molecule has 17 N–H and O–H groups in total. The van der Waals surface area contributed by atoms with Crippen molar-refractivity contribution in [3.8, 4) is 0 Å². The number of hydrogen-bond donors (Lipinski definition) is 11. The number of guanidine groups is 1. The van der Waals surface area contributed by atoms with Gasteiger partial charge in [-0.15, -0.1) is 0 Å². The number of hydrogen-bond acceptors (Lipinski definition) is 7. The number of aliphatic imine (C=N–C) groups is 1. The summed E-state index contributed by atoms with van der Waals surface area (Å²) in [5.41, 5.74) is 31.9. The zero-order valence-corrected chi connectivity index (χ0v) is 21.7. The van der Waals surface area contributed by atoms with Gasteiger partial charge in [0.05, 0.1) is 0 Å². The van der Waals surface area contributed by atoms with Gasteiger partial charge in [-0.3, -0.25) is 4.99 Å². The Morgan fingerprint density at radius 1 is 0.750 bits per heavy atom. The molecular formula is C21H50N12O3. The van der Waals surface area contributed by atoms with Crippen molar-refractivity contribution in [1.29, 1.82) is 0 Å². The maximum atomic E-state index is 11.9. The molecule has 0 saturated heterocycles. The first-order valence-corrected chi connectivity index (χ1v) is 12.5. The molecule has 36 heavy (non-hydrogen) atoms. The van der Waals surface area contributed by atoms with Crippen LogP contribution in [-0.2, 0) is 0 Å². The van der Waals surface area contributed by atoms with Gasteiger partial charge >= 0.3 is 18.1 Å². The van der Waals surface area contributed by atoms with Crippen molar-refractivity contribution < 1.29 is 14.4 Å². The summed E-state index contributed by atoms with van der Waals surface area (Å²) in [6, 6.07) is -1.97. The molecule has 0 fully saturated rings. The van der Waals surface area contributed by atoms with Crippen LogP contribution < -0.4 is 61.0 Å². The third-order valence-corrected chi connectivity index (χ3v) is 4.74. The second-order valence-electron chi connectivity index (χ2n) is 8.05. The van der Waals surface area contributed by atoms with E-state index in [1.54, 1.807) is 0 Å². The lowest BCUT2D eigenvalue weighted by atomic mass is 10.1. The fourth-order valence-electron chi connectivity index (χ4n) is 2.83. The average molecular weight is 519 g/mol. The molecule has 0 saturated carbocycles. The van der Waals surface area contributed by atoms with Gasteiger partial charge in [0, 0.05) is 44.8 Å². The highest BCUT2D eigenvalue weighted by atomic mass is 16.2. The van der Waals surface area contributed by atoms with Crippen LogP contribution in [0.3, 0.4) is 0 Å². The Labute approximate surface area is 214 Å². The number of carbonyl (C=O) groups excluding carboxylic acids is 3. The van der Waals surface area contributed by atoms with Gasteiger partial charge < -0.3 is 61.0 Å². The first-order valence-electron chi connectivity index (χ1n) is 12.5. The van der Waals surface area contributed by atoms with Crippen molar-refractivity contribution in [2.75, 3.05) is 45.8 Å². The maximum Gasteiger partial charge on any atom is 0.315 e. The first-order chi connectivity index (χ1) is 17.2. The monoisotopic (exact) mass is 518 g/mol. The van der Waals surface area contributed by atoms with Crippen LogP contribution in [0.5, 0.6) is 0 Å². The minimum Gasteiger partial charge on any atom is -0.370 e. The third kappa shape index (κ3) is 25.6. The predicted octanol–water partition coefficient (Wildman–Crippen LogP) is -2.12. The smallest absolute Gasteiger partial charge is 0.315 e. The lowest BCUT2D eigenvalue weighted by Crippen LogP contribution is -2.49. The van der Waals surface area contributed by atoms with E-state index in [1.807, 2.05) is 0 Å². The Kier molecular flexibility index (Phi) is 24.5. The Bertz CT molecular complexity index is 601. The number of amides is 6. The van der Waals surface area contributed by atoms with Crippen LogP contribution in [-0.4, -0.2) is 81.9 Å². The molecule has 15 heteroatoms. The van der Waals surface area contributed by atoms with Gasteiger partial charge in [0.2, 0.25) is 0 Å². The number of nitrogens with one attached hydrogen (secondary N) is 5. The van der Waals surface area contributed by atoms with E-state index in [2.05, 4.69) is 38.5 Å². The summed E-state index contributed by atoms with van der Waals surface area (Å²) in [5.74, 6) is -0.00986. The van der Waals surface area contributed by atoms with Crippen LogP contribution in [0, 0.1) is 0 Å². The fraction of sp³-hybridized carbons (Fsp3) is 0.810. The van der Waals surface area contributed by atoms with E-state index in [-0.39, 0.29) is 43.7 Å². The van der Waals surface area contributed by atoms with Gasteiger partial charge in [0.15, 0.2) is 5.96 Å². The Balaban J connectivity index is 0. The van der Waals surface area contributed by atoms with E-state index in [0.717, 1.165) is 25.8 Å². The number of nitrogens with zero attached hydrogens (tertiary/aromatic N) is 1. The van der Waals surface area contributed by atoms with Gasteiger partial charge in [-0.2, -0.15) is 0 Å². The highest BCUT2D eigenvalue weighted by molar-refractivity contribution is 5.76. The van der Waals surface area contributed by atoms with Crippen LogP contribution in [0.2, 0.25) is 0 Å². The molecular weight excluding hydrogens is 468 g/mol. The molecule has 0 rings (SSSR count). The van der Waals surface area contributed by atoms with Crippen LogP contribution in [0.1, 0.15) is 51.9 Å². The molecule has 0 aliphatic carbocycles. The standard InChI is InChI=1S/C17H39N11O3.C4H11N/c18-6-2-1-4-12(10-19)28-17(31)25-9-8-24-16(30)26-11-13(27-15(22)29)5-3-7-23-14(20)21;1-2-3-4-5/h12-13H,1-11,18-19H2,(H4,20,21,23)(H3,22,27,29)(H2,24,26,30)(H2,25,28,31);2-5H2,1H3. The number of rotatable bonds is 18. The lowest BCUT2D eigenvalue weighted by molar-refractivity contribution is 0.232. The predicted molar refractivity (Wildman–Crippen MR) is 144 cm³/mol. The van der Waals surface area contributed by atoms with Crippen LogP contribution in [0.15, 0.2) is 4.99 Å². The topological polar surface area (TPSA) is 280 Å². The van der Waals surface area contributed by atoms with Gasteiger partial charge in [-0.05, 0) is 45.2 Å². The normalized spacial score (nSPS) is 11.7. The number of primary amides is 1. The Morgan fingerprint density at radius 3 is 1.86 bits per heavy atom. The Hall–Kier alpha value is -3.04. The SMILES string of the molecule is CCCCN.NCCCCC(CN)NC(=O)NCCNC(=O)NCC(CCCN=C(N)N)NC(N)=O. The summed E-state index contributed by atoms with van der Waals surface area (Å²) >= 11 is 0. The largest absolute Gasteiger partial charge is 0.370 e. The zero-order valence-electron chi connectivity index (χ0n) is 21.7. The highest BCUT2D eigenvalue weighted by Gasteiger charge is 2.12. The third-order valence-electron chi connectivity index (χ3n) is 4.74. The summed E-state index contributed by atoms with van der Waals surface area (Å²) in [7, 11) is 0. The number of nitrogens with two attached hydrogens (primary N) is 6. The molecule has 0 aromatic rings. The van der Waals surface area contributed by atoms with Crippen molar-refractivity contribution in [2.45, 2.75) is 64.0 Å². The minimum absolute atomic E-state index is 0.00986. The van der Waals surface area contributed by atoms with Crippen LogP contribution >= 0.6 is 0 Å². The highest BCUT2D eigenvalue weighted by Crippen LogP contribution is 1.99. The van der Waals surface area contributed by atoms with E-state index < -0.39 is 12.1 Å². The summed E-state index contributed by atoms with van der Waals surface area (Å²) in [4.78, 5) is 38.7. The van der Waals surface area contributed by atoms with E-state index in [9.17, 15) is 14.4 Å². The van der Waals surface area contributed by atoms with Gasteiger partial charge in [-0.1, -0.05) is 19.8 Å². The number of carbonyl (C=O) groups is 3.